The Bertz CT molecular complexity index is 945. The monoisotopic (exact) mass is 300 g/mol. The number of para-hydroxylation sites is 1. The van der Waals surface area contributed by atoms with Crippen molar-refractivity contribution >= 4 is 11.0 Å². The van der Waals surface area contributed by atoms with E-state index in [4.69, 9.17) is 9.68 Å². The molecule has 4 rings (SSSR count). The molecule has 0 spiro atoms. The van der Waals surface area contributed by atoms with Crippen molar-refractivity contribution in [3.8, 4) is 6.07 Å². The summed E-state index contributed by atoms with van der Waals surface area (Å²) in [6, 6.07) is 19.2. The third-order valence-electron chi connectivity index (χ3n) is 3.78. The fourth-order valence-electron chi connectivity index (χ4n) is 2.68. The van der Waals surface area contributed by atoms with Crippen LogP contribution in [0.5, 0.6) is 0 Å². The molecule has 0 fully saturated rings. The lowest BCUT2D eigenvalue weighted by molar-refractivity contribution is 0.456. The Balaban J connectivity index is 1.86. The predicted octanol–water partition coefficient (Wildman–Crippen LogP) is 3.53. The molecule has 2 aromatic heterocycles. The van der Waals surface area contributed by atoms with Gasteiger partial charge in [0, 0.05) is 11.6 Å². The summed E-state index contributed by atoms with van der Waals surface area (Å²) in [6.07, 6.45) is 3.44. The van der Waals surface area contributed by atoms with Crippen molar-refractivity contribution in [2.45, 2.75) is 6.04 Å². The molecule has 0 amide bonds. The molecule has 0 N–H and O–H groups in total. The van der Waals surface area contributed by atoms with Crippen LogP contribution in [0.2, 0.25) is 0 Å². The maximum absolute atomic E-state index is 8.97. The van der Waals surface area contributed by atoms with Gasteiger partial charge in [0.1, 0.15) is 17.4 Å². The van der Waals surface area contributed by atoms with Crippen LogP contribution in [0, 0.1) is 11.3 Å². The first kappa shape index (κ1) is 13.3. The van der Waals surface area contributed by atoms with Crippen LogP contribution >= 0.6 is 0 Å². The molecular weight excluding hydrogens is 288 g/mol. The van der Waals surface area contributed by atoms with Gasteiger partial charge < -0.3 is 4.42 Å². The van der Waals surface area contributed by atoms with E-state index in [1.165, 1.54) is 0 Å². The van der Waals surface area contributed by atoms with E-state index in [1.807, 2.05) is 42.5 Å². The van der Waals surface area contributed by atoms with Gasteiger partial charge in [-0.2, -0.15) is 5.26 Å². The Morgan fingerprint density at radius 3 is 2.61 bits per heavy atom. The van der Waals surface area contributed by atoms with Crippen LogP contribution < -0.4 is 0 Å². The highest BCUT2D eigenvalue weighted by Gasteiger charge is 2.21. The van der Waals surface area contributed by atoms with Gasteiger partial charge in [0.05, 0.1) is 17.8 Å². The summed E-state index contributed by atoms with van der Waals surface area (Å²) in [4.78, 5) is 0. The Kier molecular flexibility index (Phi) is 3.13. The minimum absolute atomic E-state index is 0.224. The third-order valence-corrected chi connectivity index (χ3v) is 3.78. The summed E-state index contributed by atoms with van der Waals surface area (Å²) in [7, 11) is 0. The minimum atomic E-state index is -0.224. The van der Waals surface area contributed by atoms with E-state index < -0.39 is 0 Å². The number of nitriles is 1. The average molecular weight is 300 g/mol. The third kappa shape index (κ3) is 2.36. The van der Waals surface area contributed by atoms with E-state index in [0.29, 0.717) is 5.56 Å². The van der Waals surface area contributed by atoms with Gasteiger partial charge in [-0.3, -0.25) is 0 Å². The standard InChI is InChI=1S/C18H12N4O/c19-12-13-5-7-14(8-6-13)18(22-10-9-20-21-22)17-11-15-3-1-2-4-16(15)23-17/h1-11,18H. The van der Waals surface area contributed by atoms with Crippen molar-refractivity contribution in [1.82, 2.24) is 15.0 Å². The van der Waals surface area contributed by atoms with Crippen LogP contribution in [0.4, 0.5) is 0 Å². The number of hydrogen-bond donors (Lipinski definition) is 0. The first-order chi connectivity index (χ1) is 11.3. The molecule has 4 aromatic rings. The quantitative estimate of drug-likeness (QED) is 0.580. The summed E-state index contributed by atoms with van der Waals surface area (Å²) in [5.74, 6) is 0.779. The number of benzene rings is 2. The van der Waals surface area contributed by atoms with Crippen molar-refractivity contribution in [3.05, 3.63) is 83.9 Å². The maximum atomic E-state index is 8.97. The summed E-state index contributed by atoms with van der Waals surface area (Å²) in [5.41, 5.74) is 2.44. The second kappa shape index (κ2) is 5.43. The molecule has 0 bridgehead atoms. The Morgan fingerprint density at radius 1 is 1.09 bits per heavy atom. The summed E-state index contributed by atoms with van der Waals surface area (Å²) >= 11 is 0. The average Bonchev–Trinajstić information content (AvgIpc) is 3.25. The van der Waals surface area contributed by atoms with Crippen molar-refractivity contribution in [1.29, 1.82) is 5.26 Å². The number of aromatic nitrogens is 3. The largest absolute Gasteiger partial charge is 0.458 e. The van der Waals surface area contributed by atoms with E-state index >= 15 is 0 Å². The van der Waals surface area contributed by atoms with Crippen molar-refractivity contribution in [2.75, 3.05) is 0 Å². The van der Waals surface area contributed by atoms with E-state index in [1.54, 1.807) is 29.2 Å². The number of nitrogens with zero attached hydrogens (tertiary/aromatic N) is 4. The van der Waals surface area contributed by atoms with Crippen LogP contribution in [0.15, 0.2) is 71.4 Å². The van der Waals surface area contributed by atoms with Gasteiger partial charge in [0.15, 0.2) is 0 Å². The van der Waals surface area contributed by atoms with Gasteiger partial charge in [0.2, 0.25) is 0 Å². The highest BCUT2D eigenvalue weighted by Crippen LogP contribution is 2.30. The lowest BCUT2D eigenvalue weighted by Crippen LogP contribution is -2.12. The molecule has 0 aliphatic carbocycles. The smallest absolute Gasteiger partial charge is 0.136 e. The normalized spacial score (nSPS) is 12.1. The molecule has 0 saturated carbocycles. The zero-order chi connectivity index (χ0) is 15.6. The molecule has 110 valence electrons. The number of fused-ring (bicyclic) bond motifs is 1. The maximum Gasteiger partial charge on any atom is 0.136 e. The number of rotatable bonds is 3. The molecule has 0 radical (unpaired) electrons. The van der Waals surface area contributed by atoms with Gasteiger partial charge >= 0.3 is 0 Å². The fourth-order valence-corrected chi connectivity index (χ4v) is 2.68. The van der Waals surface area contributed by atoms with Crippen LogP contribution in [-0.2, 0) is 0 Å². The van der Waals surface area contributed by atoms with Crippen molar-refractivity contribution in [3.63, 3.8) is 0 Å². The highest BCUT2D eigenvalue weighted by atomic mass is 16.3. The van der Waals surface area contributed by atoms with Crippen LogP contribution in [0.1, 0.15) is 22.9 Å². The van der Waals surface area contributed by atoms with Crippen LogP contribution in [-0.4, -0.2) is 15.0 Å². The van der Waals surface area contributed by atoms with Gasteiger partial charge in [-0.05, 0) is 29.8 Å². The minimum Gasteiger partial charge on any atom is -0.458 e. The number of hydrogen-bond acceptors (Lipinski definition) is 4. The number of furan rings is 1. The van der Waals surface area contributed by atoms with Crippen LogP contribution in [0.25, 0.3) is 11.0 Å². The molecule has 1 atom stereocenters. The lowest BCUT2D eigenvalue weighted by atomic mass is 10.0. The summed E-state index contributed by atoms with van der Waals surface area (Å²) < 4.78 is 7.76. The Morgan fingerprint density at radius 2 is 1.91 bits per heavy atom. The molecule has 0 aliphatic heterocycles. The summed E-state index contributed by atoms with van der Waals surface area (Å²) in [5, 5.41) is 18.0. The topological polar surface area (TPSA) is 67.6 Å². The first-order valence-corrected chi connectivity index (χ1v) is 7.19. The second-order valence-corrected chi connectivity index (χ2v) is 5.21. The van der Waals surface area contributed by atoms with Crippen molar-refractivity contribution in [2.24, 2.45) is 0 Å². The molecule has 1 unspecified atom stereocenters. The van der Waals surface area contributed by atoms with Gasteiger partial charge in [0.25, 0.3) is 0 Å². The van der Waals surface area contributed by atoms with Gasteiger partial charge in [-0.1, -0.05) is 35.5 Å². The molecule has 2 heterocycles. The SMILES string of the molecule is N#Cc1ccc(C(c2cc3ccccc3o2)n2ccnn2)cc1. The molecular formula is C18H12N4O. The Labute approximate surface area is 132 Å². The van der Waals surface area contributed by atoms with Crippen molar-refractivity contribution < 1.29 is 4.42 Å². The van der Waals surface area contributed by atoms with E-state index in [0.717, 1.165) is 22.3 Å². The molecule has 23 heavy (non-hydrogen) atoms. The molecule has 0 aliphatic rings. The second-order valence-electron chi connectivity index (χ2n) is 5.21. The zero-order valence-corrected chi connectivity index (χ0v) is 12.1. The van der Waals surface area contributed by atoms with E-state index in [9.17, 15) is 0 Å². The van der Waals surface area contributed by atoms with Gasteiger partial charge in [-0.25, -0.2) is 4.68 Å². The molecule has 2 aromatic carbocycles. The van der Waals surface area contributed by atoms with Gasteiger partial charge in [-0.15, -0.1) is 5.10 Å². The predicted molar refractivity (Wildman–Crippen MR) is 84.6 cm³/mol. The zero-order valence-electron chi connectivity index (χ0n) is 12.1. The Hall–Kier alpha value is -3.39. The highest BCUT2D eigenvalue weighted by molar-refractivity contribution is 5.78. The first-order valence-electron chi connectivity index (χ1n) is 7.19. The molecule has 0 saturated heterocycles. The van der Waals surface area contributed by atoms with E-state index in [2.05, 4.69) is 16.4 Å². The summed E-state index contributed by atoms with van der Waals surface area (Å²) in [6.45, 7) is 0. The molecule has 5 heteroatoms. The fraction of sp³-hybridized carbons (Fsp3) is 0.0556. The van der Waals surface area contributed by atoms with Crippen LogP contribution in [0.3, 0.4) is 0 Å². The molecule has 5 nitrogen and oxygen atoms in total. The lowest BCUT2D eigenvalue weighted by Gasteiger charge is -2.15. The van der Waals surface area contributed by atoms with E-state index in [-0.39, 0.29) is 6.04 Å².